The van der Waals surface area contributed by atoms with Gasteiger partial charge in [0.2, 0.25) is 0 Å². The summed E-state index contributed by atoms with van der Waals surface area (Å²) >= 11 is 0. The summed E-state index contributed by atoms with van der Waals surface area (Å²) in [6.07, 6.45) is 4.42. The Morgan fingerprint density at radius 1 is 1.33 bits per heavy atom. The van der Waals surface area contributed by atoms with Crippen LogP contribution in [-0.4, -0.2) is 36.1 Å². The van der Waals surface area contributed by atoms with Gasteiger partial charge in [-0.05, 0) is 26.7 Å². The van der Waals surface area contributed by atoms with Crippen LogP contribution in [-0.2, 0) is 0 Å². The molecule has 2 unspecified atom stereocenters. The summed E-state index contributed by atoms with van der Waals surface area (Å²) in [6, 6.07) is 0.340. The average molecular weight is 213 g/mol. The zero-order valence-electron chi connectivity index (χ0n) is 9.83. The molecule has 0 aromatic heterocycles. The number of hydrogen-bond donors (Lipinski definition) is 2. The summed E-state index contributed by atoms with van der Waals surface area (Å²) in [4.78, 5) is 13.6. The van der Waals surface area contributed by atoms with Gasteiger partial charge < -0.3 is 16.0 Å². The molecule has 4 nitrogen and oxygen atoms in total. The van der Waals surface area contributed by atoms with Gasteiger partial charge in [0.05, 0.1) is 0 Å². The van der Waals surface area contributed by atoms with Gasteiger partial charge in [-0.3, -0.25) is 0 Å². The Kier molecular flexibility index (Phi) is 4.88. The minimum atomic E-state index is 0.0300. The van der Waals surface area contributed by atoms with E-state index in [0.717, 1.165) is 25.9 Å². The number of carbonyl (C=O) groups excluding carboxylic acids is 1. The van der Waals surface area contributed by atoms with Gasteiger partial charge in [0, 0.05) is 25.2 Å². The quantitative estimate of drug-likeness (QED) is 0.742. The maximum Gasteiger partial charge on any atom is 0.317 e. The lowest BCUT2D eigenvalue weighted by Crippen LogP contribution is -2.53. The van der Waals surface area contributed by atoms with Crippen molar-refractivity contribution in [3.63, 3.8) is 0 Å². The molecule has 0 radical (unpaired) electrons. The Morgan fingerprint density at radius 2 is 1.93 bits per heavy atom. The van der Waals surface area contributed by atoms with E-state index in [1.807, 2.05) is 13.8 Å². The zero-order chi connectivity index (χ0) is 11.3. The van der Waals surface area contributed by atoms with Crippen LogP contribution in [0.15, 0.2) is 0 Å². The van der Waals surface area contributed by atoms with Gasteiger partial charge in [0.25, 0.3) is 0 Å². The predicted octanol–water partition coefficient (Wildman–Crippen LogP) is 1.31. The van der Waals surface area contributed by atoms with Crippen molar-refractivity contribution in [2.24, 2.45) is 5.73 Å². The second-order valence-electron chi connectivity index (χ2n) is 4.18. The molecular weight excluding hydrogens is 190 g/mol. The van der Waals surface area contributed by atoms with E-state index in [4.69, 9.17) is 5.73 Å². The molecule has 0 aromatic carbocycles. The fourth-order valence-electron chi connectivity index (χ4n) is 2.10. The topological polar surface area (TPSA) is 58.4 Å². The van der Waals surface area contributed by atoms with Crippen molar-refractivity contribution in [1.82, 2.24) is 10.2 Å². The minimum absolute atomic E-state index is 0.0300. The van der Waals surface area contributed by atoms with Crippen LogP contribution >= 0.6 is 0 Å². The Morgan fingerprint density at radius 3 is 2.47 bits per heavy atom. The van der Waals surface area contributed by atoms with Crippen molar-refractivity contribution in [3.8, 4) is 0 Å². The molecule has 1 aliphatic carbocycles. The molecule has 0 saturated heterocycles. The average Bonchev–Trinajstić information content (AvgIpc) is 2.23. The largest absolute Gasteiger partial charge is 0.334 e. The first-order valence-electron chi connectivity index (χ1n) is 6.00. The molecule has 1 aliphatic rings. The Hall–Kier alpha value is -0.770. The van der Waals surface area contributed by atoms with E-state index in [1.54, 1.807) is 4.90 Å². The van der Waals surface area contributed by atoms with E-state index < -0.39 is 0 Å². The summed E-state index contributed by atoms with van der Waals surface area (Å²) in [5.74, 6) is 0. The van der Waals surface area contributed by atoms with Crippen molar-refractivity contribution < 1.29 is 4.79 Å². The smallest absolute Gasteiger partial charge is 0.317 e. The van der Waals surface area contributed by atoms with Crippen molar-refractivity contribution in [2.75, 3.05) is 13.1 Å². The summed E-state index contributed by atoms with van der Waals surface area (Å²) < 4.78 is 0. The highest BCUT2D eigenvalue weighted by atomic mass is 16.2. The summed E-state index contributed by atoms with van der Waals surface area (Å²) in [7, 11) is 0. The highest BCUT2D eigenvalue weighted by Gasteiger charge is 2.24. The number of nitrogens with two attached hydrogens (primary N) is 1. The molecule has 1 rings (SSSR count). The van der Waals surface area contributed by atoms with Crippen LogP contribution in [0.1, 0.15) is 39.5 Å². The van der Waals surface area contributed by atoms with Crippen LogP contribution in [0.25, 0.3) is 0 Å². The second kappa shape index (κ2) is 5.95. The number of urea groups is 1. The molecule has 4 heteroatoms. The molecule has 0 spiro atoms. The number of nitrogens with zero attached hydrogens (tertiary/aromatic N) is 1. The van der Waals surface area contributed by atoms with Crippen molar-refractivity contribution in [2.45, 2.75) is 51.6 Å². The Bertz CT molecular complexity index is 204. The summed E-state index contributed by atoms with van der Waals surface area (Å²) in [6.45, 7) is 5.49. The lowest BCUT2D eigenvalue weighted by atomic mass is 9.91. The van der Waals surface area contributed by atoms with Crippen molar-refractivity contribution in [1.29, 1.82) is 0 Å². The molecule has 0 aliphatic heterocycles. The van der Waals surface area contributed by atoms with Gasteiger partial charge in [-0.2, -0.15) is 0 Å². The van der Waals surface area contributed by atoms with E-state index in [9.17, 15) is 4.79 Å². The summed E-state index contributed by atoms with van der Waals surface area (Å²) in [5.41, 5.74) is 5.98. The monoisotopic (exact) mass is 213 g/mol. The van der Waals surface area contributed by atoms with Crippen molar-refractivity contribution in [3.05, 3.63) is 0 Å². The molecule has 1 saturated carbocycles. The first-order chi connectivity index (χ1) is 7.19. The van der Waals surface area contributed by atoms with Crippen LogP contribution in [0.3, 0.4) is 0 Å². The van der Waals surface area contributed by atoms with Crippen LogP contribution in [0.4, 0.5) is 4.79 Å². The predicted molar refractivity (Wildman–Crippen MR) is 61.7 cm³/mol. The first-order valence-corrected chi connectivity index (χ1v) is 6.00. The van der Waals surface area contributed by atoms with E-state index in [1.165, 1.54) is 12.8 Å². The standard InChI is InChI=1S/C11H23N3O/c1-3-14(4-2)11(15)13-10-8-6-5-7-9(10)12/h9-10H,3-8,12H2,1-2H3,(H,13,15). The molecule has 0 heterocycles. The van der Waals surface area contributed by atoms with Crippen LogP contribution in [0.2, 0.25) is 0 Å². The van der Waals surface area contributed by atoms with Gasteiger partial charge >= 0.3 is 6.03 Å². The lowest BCUT2D eigenvalue weighted by molar-refractivity contribution is 0.192. The van der Waals surface area contributed by atoms with E-state index >= 15 is 0 Å². The first kappa shape index (κ1) is 12.3. The molecule has 2 atom stereocenters. The molecule has 88 valence electrons. The highest BCUT2D eigenvalue weighted by molar-refractivity contribution is 5.74. The normalized spacial score (nSPS) is 26.1. The van der Waals surface area contributed by atoms with Crippen molar-refractivity contribution >= 4 is 6.03 Å². The molecular formula is C11H23N3O. The molecule has 2 amide bonds. The van der Waals surface area contributed by atoms with E-state index in [0.29, 0.717) is 0 Å². The Labute approximate surface area is 92.2 Å². The molecule has 15 heavy (non-hydrogen) atoms. The number of amides is 2. The van der Waals surface area contributed by atoms with Crippen LogP contribution in [0.5, 0.6) is 0 Å². The molecule has 0 aromatic rings. The SMILES string of the molecule is CCN(CC)C(=O)NC1CCCCC1N. The van der Waals surface area contributed by atoms with Gasteiger partial charge in [0.1, 0.15) is 0 Å². The summed E-state index contributed by atoms with van der Waals surface area (Å²) in [5, 5.41) is 3.03. The molecule has 0 bridgehead atoms. The molecule has 3 N–H and O–H groups in total. The van der Waals surface area contributed by atoms with Gasteiger partial charge in [-0.25, -0.2) is 4.79 Å². The lowest BCUT2D eigenvalue weighted by Gasteiger charge is -2.31. The number of rotatable bonds is 3. The fraction of sp³-hybridized carbons (Fsp3) is 0.909. The maximum absolute atomic E-state index is 11.8. The van der Waals surface area contributed by atoms with E-state index in [2.05, 4.69) is 5.32 Å². The third-order valence-corrected chi connectivity index (χ3v) is 3.18. The minimum Gasteiger partial charge on any atom is -0.334 e. The zero-order valence-corrected chi connectivity index (χ0v) is 9.83. The van der Waals surface area contributed by atoms with Crippen LogP contribution in [0, 0.1) is 0 Å². The second-order valence-corrected chi connectivity index (χ2v) is 4.18. The van der Waals surface area contributed by atoms with Gasteiger partial charge in [-0.15, -0.1) is 0 Å². The number of nitrogens with one attached hydrogen (secondary N) is 1. The van der Waals surface area contributed by atoms with E-state index in [-0.39, 0.29) is 18.1 Å². The van der Waals surface area contributed by atoms with Gasteiger partial charge in [-0.1, -0.05) is 12.8 Å². The number of carbonyl (C=O) groups is 1. The number of hydrogen-bond acceptors (Lipinski definition) is 2. The van der Waals surface area contributed by atoms with Crippen LogP contribution < -0.4 is 11.1 Å². The Balaban J connectivity index is 2.41. The molecule has 1 fully saturated rings. The third kappa shape index (κ3) is 3.38. The van der Waals surface area contributed by atoms with Gasteiger partial charge in [0.15, 0.2) is 0 Å². The maximum atomic E-state index is 11.8. The third-order valence-electron chi connectivity index (χ3n) is 3.18. The highest BCUT2D eigenvalue weighted by Crippen LogP contribution is 2.16. The fourth-order valence-corrected chi connectivity index (χ4v) is 2.10.